The van der Waals surface area contributed by atoms with E-state index in [1.54, 1.807) is 4.90 Å². The van der Waals surface area contributed by atoms with Gasteiger partial charge in [-0.05, 0) is 81.2 Å². The minimum absolute atomic E-state index is 0.00484. The molecule has 0 saturated carbocycles. The third-order valence-corrected chi connectivity index (χ3v) is 8.68. The number of nitrogens with two attached hydrogens (primary N) is 1. The summed E-state index contributed by atoms with van der Waals surface area (Å²) >= 11 is 0. The van der Waals surface area contributed by atoms with E-state index in [0.29, 0.717) is 13.1 Å². The number of imidazole rings is 2. The Morgan fingerprint density at radius 3 is 2.23 bits per heavy atom. The SMILES string of the molecule is CC(C)[C@H](N)C(=O)N1CCC[C@H]1c1ncc(-c2ccc(-c3ccc4nc([C@@H]5CCCN5C(=O)OC(C)(C)C)[nH]c4c3)cc2)[nH]1. The molecular formula is C34H43N7O3. The summed E-state index contributed by atoms with van der Waals surface area (Å²) in [6.45, 7) is 11.0. The highest BCUT2D eigenvalue weighted by Crippen LogP contribution is 2.35. The van der Waals surface area contributed by atoms with Crippen molar-refractivity contribution in [2.24, 2.45) is 11.7 Å². The third-order valence-electron chi connectivity index (χ3n) is 8.68. The van der Waals surface area contributed by atoms with Crippen molar-refractivity contribution in [3.63, 3.8) is 0 Å². The van der Waals surface area contributed by atoms with Gasteiger partial charge >= 0.3 is 6.09 Å². The summed E-state index contributed by atoms with van der Waals surface area (Å²) in [5.74, 6) is 1.68. The van der Waals surface area contributed by atoms with Crippen LogP contribution in [0.1, 0.15) is 84.0 Å². The van der Waals surface area contributed by atoms with Crippen LogP contribution >= 0.6 is 0 Å². The van der Waals surface area contributed by atoms with Crippen LogP contribution in [0.2, 0.25) is 0 Å². The Morgan fingerprint density at radius 2 is 1.55 bits per heavy atom. The Labute approximate surface area is 258 Å². The lowest BCUT2D eigenvalue weighted by Crippen LogP contribution is -2.46. The van der Waals surface area contributed by atoms with E-state index in [-0.39, 0.29) is 30.0 Å². The molecule has 2 amide bonds. The first kappa shape index (κ1) is 29.9. The summed E-state index contributed by atoms with van der Waals surface area (Å²) in [6, 6.07) is 13.9. The smallest absolute Gasteiger partial charge is 0.410 e. The van der Waals surface area contributed by atoms with Gasteiger partial charge in [-0.25, -0.2) is 14.8 Å². The molecule has 3 atom stereocenters. The van der Waals surface area contributed by atoms with Gasteiger partial charge in [-0.3, -0.25) is 9.69 Å². The Bertz CT molecular complexity index is 1650. The van der Waals surface area contributed by atoms with Crippen LogP contribution in [0.4, 0.5) is 4.79 Å². The Hall–Kier alpha value is -4.18. The number of hydrogen-bond acceptors (Lipinski definition) is 6. The predicted octanol–water partition coefficient (Wildman–Crippen LogP) is 6.34. The van der Waals surface area contributed by atoms with Gasteiger partial charge in [-0.1, -0.05) is 44.2 Å². The molecular weight excluding hydrogens is 554 g/mol. The van der Waals surface area contributed by atoms with Crippen molar-refractivity contribution < 1.29 is 14.3 Å². The number of likely N-dealkylation sites (tertiary alicyclic amines) is 2. The third kappa shape index (κ3) is 5.95. The zero-order chi connectivity index (χ0) is 31.2. The number of H-pyrrole nitrogens is 2. The molecule has 4 aromatic rings. The standard InChI is InChI=1S/C34H43N7O3/c1-20(2)29(35)32(42)40-16-6-8-27(40)30-36-19-26(39-30)22-12-10-21(11-13-22)23-14-15-24-25(18-23)38-31(37-24)28-9-7-17-41(28)33(43)44-34(3,4)5/h10-15,18-20,27-29H,6-9,16-17,35H2,1-5H3,(H,36,39)(H,37,38)/t27-,28-,29-/m0/s1. The Morgan fingerprint density at radius 1 is 0.909 bits per heavy atom. The van der Waals surface area contributed by atoms with Crippen LogP contribution in [0, 0.1) is 5.92 Å². The van der Waals surface area contributed by atoms with Gasteiger partial charge in [0.2, 0.25) is 5.91 Å². The maximum atomic E-state index is 13.0. The average molecular weight is 598 g/mol. The number of hydrogen-bond donors (Lipinski definition) is 3. The van der Waals surface area contributed by atoms with Crippen molar-refractivity contribution in [3.05, 3.63) is 60.3 Å². The summed E-state index contributed by atoms with van der Waals surface area (Å²) in [6.07, 6.45) is 5.13. The van der Waals surface area contributed by atoms with Crippen LogP contribution in [0.3, 0.4) is 0 Å². The minimum atomic E-state index is -0.540. The second-order valence-corrected chi connectivity index (χ2v) is 13.4. The number of aromatic nitrogens is 4. The summed E-state index contributed by atoms with van der Waals surface area (Å²) in [7, 11) is 0. The topological polar surface area (TPSA) is 133 Å². The molecule has 4 heterocycles. The predicted molar refractivity (Wildman–Crippen MR) is 171 cm³/mol. The van der Waals surface area contributed by atoms with Gasteiger partial charge in [0.05, 0.1) is 41.0 Å². The van der Waals surface area contributed by atoms with E-state index in [1.165, 1.54) is 0 Å². The van der Waals surface area contributed by atoms with E-state index in [0.717, 1.165) is 70.7 Å². The quantitative estimate of drug-likeness (QED) is 0.238. The lowest BCUT2D eigenvalue weighted by molar-refractivity contribution is -0.134. The molecule has 44 heavy (non-hydrogen) atoms. The monoisotopic (exact) mass is 597 g/mol. The highest BCUT2D eigenvalue weighted by Gasteiger charge is 2.36. The molecule has 2 fully saturated rings. The van der Waals surface area contributed by atoms with E-state index in [2.05, 4.69) is 51.4 Å². The van der Waals surface area contributed by atoms with Crippen molar-refractivity contribution in [3.8, 4) is 22.4 Å². The molecule has 2 aliphatic heterocycles. The summed E-state index contributed by atoms with van der Waals surface area (Å²) in [5.41, 5.74) is 11.5. The number of rotatable bonds is 6. The van der Waals surface area contributed by atoms with Crippen molar-refractivity contribution in [1.29, 1.82) is 0 Å². The fraction of sp³-hybridized carbons (Fsp3) is 0.471. The van der Waals surface area contributed by atoms with Gasteiger partial charge in [-0.2, -0.15) is 0 Å². The Balaban J connectivity index is 1.17. The number of fused-ring (bicyclic) bond motifs is 1. The molecule has 10 heteroatoms. The van der Waals surface area contributed by atoms with Crippen LogP contribution < -0.4 is 5.73 Å². The maximum Gasteiger partial charge on any atom is 0.410 e. The fourth-order valence-electron chi connectivity index (χ4n) is 6.24. The molecule has 0 bridgehead atoms. The normalized spacial score (nSPS) is 19.7. The number of benzene rings is 2. The van der Waals surface area contributed by atoms with Crippen molar-refractivity contribution >= 4 is 23.0 Å². The first-order valence-electron chi connectivity index (χ1n) is 15.7. The summed E-state index contributed by atoms with van der Waals surface area (Å²) in [4.78, 5) is 45.9. The number of carbonyl (C=O) groups is 2. The molecule has 0 radical (unpaired) electrons. The molecule has 4 N–H and O–H groups in total. The van der Waals surface area contributed by atoms with E-state index in [4.69, 9.17) is 15.5 Å². The molecule has 0 spiro atoms. The van der Waals surface area contributed by atoms with E-state index in [9.17, 15) is 9.59 Å². The largest absolute Gasteiger partial charge is 0.444 e. The lowest BCUT2D eigenvalue weighted by atomic mass is 10.0. The molecule has 2 aromatic heterocycles. The molecule has 0 unspecified atom stereocenters. The maximum absolute atomic E-state index is 13.0. The van der Waals surface area contributed by atoms with Crippen LogP contribution in [0.25, 0.3) is 33.4 Å². The molecule has 2 aromatic carbocycles. The molecule has 0 aliphatic carbocycles. The van der Waals surface area contributed by atoms with Crippen molar-refractivity contribution in [2.75, 3.05) is 13.1 Å². The van der Waals surface area contributed by atoms with Crippen LogP contribution in [-0.4, -0.2) is 66.5 Å². The molecule has 232 valence electrons. The summed E-state index contributed by atoms with van der Waals surface area (Å²) in [5, 5.41) is 0. The van der Waals surface area contributed by atoms with E-state index >= 15 is 0 Å². The first-order valence-corrected chi connectivity index (χ1v) is 15.7. The number of carbonyl (C=O) groups excluding carboxylic acids is 2. The van der Waals surface area contributed by atoms with E-state index < -0.39 is 11.6 Å². The number of nitrogens with one attached hydrogen (secondary N) is 2. The fourth-order valence-corrected chi connectivity index (χ4v) is 6.24. The molecule has 10 nitrogen and oxygen atoms in total. The average Bonchev–Trinajstić information content (AvgIpc) is 3.80. The van der Waals surface area contributed by atoms with Crippen LogP contribution in [0.5, 0.6) is 0 Å². The van der Waals surface area contributed by atoms with Crippen LogP contribution in [-0.2, 0) is 9.53 Å². The number of nitrogens with zero attached hydrogens (tertiary/aromatic N) is 4. The second kappa shape index (κ2) is 11.7. The number of aromatic amines is 2. The first-order chi connectivity index (χ1) is 21.0. The van der Waals surface area contributed by atoms with Crippen molar-refractivity contribution in [1.82, 2.24) is 29.7 Å². The summed E-state index contributed by atoms with van der Waals surface area (Å²) < 4.78 is 5.64. The Kier molecular flexibility index (Phi) is 7.96. The number of ether oxygens (including phenoxy) is 1. The van der Waals surface area contributed by atoms with Gasteiger partial charge < -0.3 is 25.3 Å². The van der Waals surface area contributed by atoms with Gasteiger partial charge in [0.15, 0.2) is 0 Å². The molecule has 6 rings (SSSR count). The highest BCUT2D eigenvalue weighted by atomic mass is 16.6. The molecule has 2 aliphatic rings. The minimum Gasteiger partial charge on any atom is -0.444 e. The number of amides is 2. The van der Waals surface area contributed by atoms with Gasteiger partial charge in [0.25, 0.3) is 0 Å². The molecule has 2 saturated heterocycles. The zero-order valence-electron chi connectivity index (χ0n) is 26.3. The van der Waals surface area contributed by atoms with Gasteiger partial charge in [-0.15, -0.1) is 0 Å². The van der Waals surface area contributed by atoms with Gasteiger partial charge in [0, 0.05) is 13.1 Å². The van der Waals surface area contributed by atoms with Crippen molar-refractivity contribution in [2.45, 2.75) is 84.0 Å². The highest BCUT2D eigenvalue weighted by molar-refractivity contribution is 5.83. The lowest BCUT2D eigenvalue weighted by Gasteiger charge is -2.27. The van der Waals surface area contributed by atoms with Crippen LogP contribution in [0.15, 0.2) is 48.7 Å². The second-order valence-electron chi connectivity index (χ2n) is 13.4. The van der Waals surface area contributed by atoms with Gasteiger partial charge in [0.1, 0.15) is 17.2 Å². The van der Waals surface area contributed by atoms with E-state index in [1.807, 2.05) is 51.8 Å². The zero-order valence-corrected chi connectivity index (χ0v) is 26.3.